The summed E-state index contributed by atoms with van der Waals surface area (Å²) in [7, 11) is 2.22. The third-order valence-corrected chi connectivity index (χ3v) is 4.71. The van der Waals surface area contributed by atoms with Crippen molar-refractivity contribution < 1.29 is 4.42 Å². The van der Waals surface area contributed by atoms with Crippen molar-refractivity contribution in [2.45, 2.75) is 58.2 Å². The minimum atomic E-state index is 0.119. The van der Waals surface area contributed by atoms with E-state index in [1.807, 2.05) is 6.92 Å². The highest BCUT2D eigenvalue weighted by Gasteiger charge is 2.34. The molecule has 2 rings (SSSR count). The molecule has 4 nitrogen and oxygen atoms in total. The zero-order valence-corrected chi connectivity index (χ0v) is 14.0. The van der Waals surface area contributed by atoms with Gasteiger partial charge >= 0.3 is 0 Å². The Morgan fingerprint density at radius 1 is 1.33 bits per heavy atom. The lowest BCUT2D eigenvalue weighted by Crippen LogP contribution is -2.48. The van der Waals surface area contributed by atoms with E-state index < -0.39 is 0 Å². The maximum Gasteiger partial charge on any atom is 0.122 e. The van der Waals surface area contributed by atoms with Crippen molar-refractivity contribution in [1.82, 2.24) is 9.80 Å². The average molecular weight is 293 g/mol. The minimum Gasteiger partial charge on any atom is -0.465 e. The summed E-state index contributed by atoms with van der Waals surface area (Å²) in [6.07, 6.45) is 3.31. The molecular formula is C17H31N3O. The van der Waals surface area contributed by atoms with Crippen LogP contribution in [0.25, 0.3) is 0 Å². The van der Waals surface area contributed by atoms with E-state index in [0.717, 1.165) is 44.0 Å². The lowest BCUT2D eigenvalue weighted by molar-refractivity contribution is 0.0935. The van der Waals surface area contributed by atoms with Crippen LogP contribution in [0, 0.1) is 6.92 Å². The highest BCUT2D eigenvalue weighted by atomic mass is 16.3. The lowest BCUT2D eigenvalue weighted by Gasteiger charge is -2.38. The Morgan fingerprint density at radius 2 is 2.10 bits per heavy atom. The van der Waals surface area contributed by atoms with Crippen LogP contribution in [-0.4, -0.2) is 48.6 Å². The Bertz CT molecular complexity index is 431. The Kier molecular flexibility index (Phi) is 5.85. The van der Waals surface area contributed by atoms with Crippen LogP contribution in [0.4, 0.5) is 0 Å². The van der Waals surface area contributed by atoms with Gasteiger partial charge in [0, 0.05) is 25.2 Å². The number of aryl methyl sites for hydroxylation is 1. The van der Waals surface area contributed by atoms with Gasteiger partial charge in [0.25, 0.3) is 0 Å². The minimum absolute atomic E-state index is 0.119. The SMILES string of the molecule is CCC(N)C(c1ccc(C)o1)N1CCCN(C)CC1CC. The monoisotopic (exact) mass is 293 g/mol. The van der Waals surface area contributed by atoms with Crippen LogP contribution in [0.3, 0.4) is 0 Å². The molecule has 0 spiro atoms. The first-order valence-corrected chi connectivity index (χ1v) is 8.33. The van der Waals surface area contributed by atoms with Crippen molar-refractivity contribution in [2.75, 3.05) is 26.7 Å². The van der Waals surface area contributed by atoms with Crippen LogP contribution in [0.2, 0.25) is 0 Å². The van der Waals surface area contributed by atoms with E-state index in [9.17, 15) is 0 Å². The van der Waals surface area contributed by atoms with Crippen LogP contribution in [-0.2, 0) is 0 Å². The highest BCUT2D eigenvalue weighted by Crippen LogP contribution is 2.31. The van der Waals surface area contributed by atoms with Gasteiger partial charge in [-0.1, -0.05) is 13.8 Å². The van der Waals surface area contributed by atoms with Gasteiger partial charge in [-0.3, -0.25) is 4.90 Å². The molecule has 120 valence electrons. The van der Waals surface area contributed by atoms with E-state index in [0.29, 0.717) is 6.04 Å². The molecule has 1 aliphatic rings. The molecule has 0 radical (unpaired) electrons. The molecule has 1 aliphatic heterocycles. The zero-order chi connectivity index (χ0) is 15.4. The molecule has 21 heavy (non-hydrogen) atoms. The van der Waals surface area contributed by atoms with Crippen LogP contribution in [0.1, 0.15) is 50.7 Å². The third kappa shape index (κ3) is 3.87. The second kappa shape index (κ2) is 7.43. The fourth-order valence-electron chi connectivity index (χ4n) is 3.45. The van der Waals surface area contributed by atoms with Gasteiger partial charge in [0.15, 0.2) is 0 Å². The van der Waals surface area contributed by atoms with Crippen molar-refractivity contribution in [3.63, 3.8) is 0 Å². The molecule has 2 N–H and O–H groups in total. The van der Waals surface area contributed by atoms with E-state index in [-0.39, 0.29) is 12.1 Å². The Labute approximate surface area is 129 Å². The molecule has 0 aromatic carbocycles. The summed E-state index contributed by atoms with van der Waals surface area (Å²) in [6.45, 7) is 9.82. The standard InChI is InChI=1S/C17H31N3O/c1-5-14-12-19(4)10-7-11-20(14)17(15(18)6-2)16-9-8-13(3)21-16/h8-9,14-15,17H,5-7,10-12,18H2,1-4H3. The normalized spacial score (nSPS) is 24.7. The number of hydrogen-bond donors (Lipinski definition) is 1. The van der Waals surface area contributed by atoms with Crippen molar-refractivity contribution in [3.05, 3.63) is 23.7 Å². The molecule has 1 saturated heterocycles. The summed E-state index contributed by atoms with van der Waals surface area (Å²) in [5.74, 6) is 2.00. The van der Waals surface area contributed by atoms with E-state index >= 15 is 0 Å². The summed E-state index contributed by atoms with van der Waals surface area (Å²) < 4.78 is 5.95. The van der Waals surface area contributed by atoms with Gasteiger partial charge < -0.3 is 15.1 Å². The molecular weight excluding hydrogens is 262 g/mol. The second-order valence-electron chi connectivity index (χ2n) is 6.38. The lowest BCUT2D eigenvalue weighted by atomic mass is 9.99. The summed E-state index contributed by atoms with van der Waals surface area (Å²) in [5.41, 5.74) is 6.48. The number of furan rings is 1. The molecule has 2 heterocycles. The van der Waals surface area contributed by atoms with E-state index in [2.05, 4.69) is 42.8 Å². The van der Waals surface area contributed by atoms with Gasteiger partial charge in [-0.05, 0) is 51.9 Å². The number of rotatable bonds is 5. The highest BCUT2D eigenvalue weighted by molar-refractivity contribution is 5.13. The van der Waals surface area contributed by atoms with Gasteiger partial charge in [-0.15, -0.1) is 0 Å². The Morgan fingerprint density at radius 3 is 2.67 bits per heavy atom. The molecule has 1 aromatic rings. The van der Waals surface area contributed by atoms with Crippen LogP contribution < -0.4 is 5.73 Å². The van der Waals surface area contributed by atoms with Crippen molar-refractivity contribution in [3.8, 4) is 0 Å². The summed E-state index contributed by atoms with van der Waals surface area (Å²) in [5, 5.41) is 0. The number of nitrogens with two attached hydrogens (primary N) is 1. The smallest absolute Gasteiger partial charge is 0.122 e. The summed E-state index contributed by atoms with van der Waals surface area (Å²) in [6, 6.07) is 5.02. The molecule has 1 fully saturated rings. The van der Waals surface area contributed by atoms with E-state index in [1.165, 1.54) is 6.42 Å². The predicted octanol–water partition coefficient (Wildman–Crippen LogP) is 2.78. The van der Waals surface area contributed by atoms with Gasteiger partial charge in [0.2, 0.25) is 0 Å². The molecule has 3 unspecified atom stereocenters. The summed E-state index contributed by atoms with van der Waals surface area (Å²) >= 11 is 0. The quantitative estimate of drug-likeness (QED) is 0.907. The van der Waals surface area contributed by atoms with E-state index in [1.54, 1.807) is 0 Å². The van der Waals surface area contributed by atoms with Gasteiger partial charge in [0.05, 0.1) is 6.04 Å². The van der Waals surface area contributed by atoms with Crippen molar-refractivity contribution in [1.29, 1.82) is 0 Å². The number of hydrogen-bond acceptors (Lipinski definition) is 4. The Hall–Kier alpha value is -0.840. The first-order chi connectivity index (χ1) is 10.1. The fourth-order valence-corrected chi connectivity index (χ4v) is 3.45. The maximum atomic E-state index is 6.48. The van der Waals surface area contributed by atoms with Crippen LogP contribution in [0.5, 0.6) is 0 Å². The molecule has 0 amide bonds. The molecule has 0 saturated carbocycles. The van der Waals surface area contributed by atoms with Gasteiger partial charge in [-0.25, -0.2) is 0 Å². The Balaban J connectivity index is 2.29. The van der Waals surface area contributed by atoms with E-state index in [4.69, 9.17) is 10.2 Å². The van der Waals surface area contributed by atoms with Gasteiger partial charge in [-0.2, -0.15) is 0 Å². The molecule has 3 atom stereocenters. The summed E-state index contributed by atoms with van der Waals surface area (Å²) in [4.78, 5) is 5.03. The first kappa shape index (κ1) is 16.5. The topological polar surface area (TPSA) is 45.6 Å². The van der Waals surface area contributed by atoms with Crippen LogP contribution in [0.15, 0.2) is 16.5 Å². The third-order valence-electron chi connectivity index (χ3n) is 4.71. The van der Waals surface area contributed by atoms with Crippen molar-refractivity contribution >= 4 is 0 Å². The second-order valence-corrected chi connectivity index (χ2v) is 6.38. The molecule has 0 bridgehead atoms. The molecule has 0 aliphatic carbocycles. The number of nitrogens with zero attached hydrogens (tertiary/aromatic N) is 2. The zero-order valence-electron chi connectivity index (χ0n) is 14.0. The van der Waals surface area contributed by atoms with Crippen molar-refractivity contribution in [2.24, 2.45) is 5.73 Å². The predicted molar refractivity (Wildman–Crippen MR) is 87.4 cm³/mol. The largest absolute Gasteiger partial charge is 0.465 e. The number of likely N-dealkylation sites (N-methyl/N-ethyl adjacent to an activating group) is 1. The van der Waals surface area contributed by atoms with Crippen LogP contribution >= 0.6 is 0 Å². The molecule has 4 heteroatoms. The maximum absolute atomic E-state index is 6.48. The average Bonchev–Trinajstić information content (AvgIpc) is 2.80. The first-order valence-electron chi connectivity index (χ1n) is 8.33. The fraction of sp³-hybridized carbons (Fsp3) is 0.765. The molecule has 1 aromatic heterocycles. The van der Waals surface area contributed by atoms with Gasteiger partial charge in [0.1, 0.15) is 11.5 Å².